The van der Waals surface area contributed by atoms with Crippen molar-refractivity contribution in [2.75, 3.05) is 0 Å². The van der Waals surface area contributed by atoms with E-state index in [4.69, 9.17) is 0 Å². The normalized spacial score (nSPS) is 23.6. The molecule has 1 unspecified atom stereocenters. The van der Waals surface area contributed by atoms with Crippen LogP contribution < -0.4 is 5.32 Å². The molecule has 0 saturated heterocycles. The summed E-state index contributed by atoms with van der Waals surface area (Å²) >= 11 is 0. The van der Waals surface area contributed by atoms with Crippen molar-refractivity contribution >= 4 is 5.78 Å². The molecule has 1 aromatic carbocycles. The zero-order valence-electron chi connectivity index (χ0n) is 10.7. The van der Waals surface area contributed by atoms with Crippen molar-refractivity contribution in [2.45, 2.75) is 45.7 Å². The quantitative estimate of drug-likeness (QED) is 0.866. The SMILES string of the molecule is CC1(C)CCC(NCc2ccccc2)CC1=O. The van der Waals surface area contributed by atoms with E-state index < -0.39 is 0 Å². The molecule has 1 aliphatic carbocycles. The van der Waals surface area contributed by atoms with Gasteiger partial charge in [0.2, 0.25) is 0 Å². The van der Waals surface area contributed by atoms with Crippen LogP contribution in [0.3, 0.4) is 0 Å². The van der Waals surface area contributed by atoms with E-state index in [1.165, 1.54) is 5.56 Å². The molecule has 1 aliphatic rings. The van der Waals surface area contributed by atoms with Crippen LogP contribution in [0.5, 0.6) is 0 Å². The van der Waals surface area contributed by atoms with Crippen LogP contribution in [0.2, 0.25) is 0 Å². The third-order valence-electron chi connectivity index (χ3n) is 3.74. The van der Waals surface area contributed by atoms with Gasteiger partial charge in [0.15, 0.2) is 0 Å². The Hall–Kier alpha value is -1.15. The largest absolute Gasteiger partial charge is 0.309 e. The maximum absolute atomic E-state index is 11.9. The highest BCUT2D eigenvalue weighted by Crippen LogP contribution is 2.32. The van der Waals surface area contributed by atoms with Gasteiger partial charge in [-0.25, -0.2) is 0 Å². The lowest BCUT2D eigenvalue weighted by molar-refractivity contribution is -0.130. The number of carbonyl (C=O) groups excluding carboxylic acids is 1. The molecule has 0 aliphatic heterocycles. The van der Waals surface area contributed by atoms with E-state index in [0.29, 0.717) is 18.2 Å². The van der Waals surface area contributed by atoms with E-state index in [1.807, 2.05) is 18.2 Å². The number of rotatable bonds is 3. The monoisotopic (exact) mass is 231 g/mol. The summed E-state index contributed by atoms with van der Waals surface area (Å²) in [4.78, 5) is 11.9. The van der Waals surface area contributed by atoms with Gasteiger partial charge in [-0.05, 0) is 18.4 Å². The predicted molar refractivity (Wildman–Crippen MR) is 69.7 cm³/mol. The second-order valence-corrected chi connectivity index (χ2v) is 5.61. The summed E-state index contributed by atoms with van der Waals surface area (Å²) in [5.41, 5.74) is 1.18. The number of ketones is 1. The summed E-state index contributed by atoms with van der Waals surface area (Å²) in [5.74, 6) is 0.398. The van der Waals surface area contributed by atoms with Crippen molar-refractivity contribution < 1.29 is 4.79 Å². The van der Waals surface area contributed by atoms with E-state index in [1.54, 1.807) is 0 Å². The number of Topliss-reactive ketones (excluding diaryl/α,β-unsaturated/α-hetero) is 1. The number of benzene rings is 1. The minimum absolute atomic E-state index is 0.106. The van der Waals surface area contributed by atoms with Gasteiger partial charge in [-0.15, -0.1) is 0 Å². The molecule has 2 rings (SSSR count). The molecular weight excluding hydrogens is 210 g/mol. The zero-order chi connectivity index (χ0) is 12.3. The minimum Gasteiger partial charge on any atom is -0.309 e. The smallest absolute Gasteiger partial charge is 0.140 e. The van der Waals surface area contributed by atoms with Gasteiger partial charge in [0, 0.05) is 24.4 Å². The molecule has 1 fully saturated rings. The first-order chi connectivity index (χ1) is 8.08. The minimum atomic E-state index is -0.106. The Bertz CT molecular complexity index is 383. The number of hydrogen-bond acceptors (Lipinski definition) is 2. The first-order valence-electron chi connectivity index (χ1n) is 6.38. The van der Waals surface area contributed by atoms with E-state index in [-0.39, 0.29) is 5.41 Å². The summed E-state index contributed by atoms with van der Waals surface area (Å²) in [6, 6.07) is 10.7. The molecule has 17 heavy (non-hydrogen) atoms. The van der Waals surface area contributed by atoms with E-state index >= 15 is 0 Å². The fraction of sp³-hybridized carbons (Fsp3) is 0.533. The Labute approximate surface area is 103 Å². The summed E-state index contributed by atoms with van der Waals surface area (Å²) in [7, 11) is 0. The molecule has 0 amide bonds. The first-order valence-corrected chi connectivity index (χ1v) is 6.38. The van der Waals surface area contributed by atoms with Crippen LogP contribution in [-0.4, -0.2) is 11.8 Å². The summed E-state index contributed by atoms with van der Waals surface area (Å²) in [5, 5.41) is 3.49. The van der Waals surface area contributed by atoms with Gasteiger partial charge < -0.3 is 5.32 Å². The van der Waals surface area contributed by atoms with E-state index in [9.17, 15) is 4.79 Å². The molecule has 0 bridgehead atoms. The molecule has 2 nitrogen and oxygen atoms in total. The molecule has 0 aromatic heterocycles. The van der Waals surface area contributed by atoms with Gasteiger partial charge in [0.05, 0.1) is 0 Å². The lowest BCUT2D eigenvalue weighted by Gasteiger charge is -2.33. The van der Waals surface area contributed by atoms with Crippen LogP contribution >= 0.6 is 0 Å². The average molecular weight is 231 g/mol. The number of hydrogen-bond donors (Lipinski definition) is 1. The van der Waals surface area contributed by atoms with Crippen molar-refractivity contribution in [1.29, 1.82) is 0 Å². The Kier molecular flexibility index (Phi) is 3.63. The highest BCUT2D eigenvalue weighted by molar-refractivity contribution is 5.85. The maximum atomic E-state index is 11.9. The number of nitrogens with one attached hydrogen (secondary N) is 1. The molecule has 1 atom stereocenters. The Morgan fingerprint density at radius 3 is 2.65 bits per heavy atom. The summed E-state index contributed by atoms with van der Waals surface area (Å²) in [6.07, 6.45) is 2.78. The molecule has 0 radical (unpaired) electrons. The van der Waals surface area contributed by atoms with Crippen molar-refractivity contribution in [1.82, 2.24) is 5.32 Å². The third kappa shape index (κ3) is 3.16. The Balaban J connectivity index is 1.84. The maximum Gasteiger partial charge on any atom is 0.140 e. The summed E-state index contributed by atoms with van der Waals surface area (Å²) in [6.45, 7) is 4.98. The molecule has 2 heteroatoms. The zero-order valence-corrected chi connectivity index (χ0v) is 10.7. The highest BCUT2D eigenvalue weighted by atomic mass is 16.1. The summed E-state index contributed by atoms with van der Waals surface area (Å²) < 4.78 is 0. The molecule has 1 N–H and O–H groups in total. The van der Waals surface area contributed by atoms with Crippen molar-refractivity contribution in [2.24, 2.45) is 5.41 Å². The van der Waals surface area contributed by atoms with Crippen LogP contribution in [0.25, 0.3) is 0 Å². The van der Waals surface area contributed by atoms with Crippen LogP contribution in [0.1, 0.15) is 38.7 Å². The van der Waals surface area contributed by atoms with Crippen LogP contribution in [-0.2, 0) is 11.3 Å². The van der Waals surface area contributed by atoms with Gasteiger partial charge in [0.25, 0.3) is 0 Å². The molecule has 1 aromatic rings. The van der Waals surface area contributed by atoms with Crippen LogP contribution in [0.15, 0.2) is 30.3 Å². The van der Waals surface area contributed by atoms with Crippen molar-refractivity contribution in [3.63, 3.8) is 0 Å². The second-order valence-electron chi connectivity index (χ2n) is 5.61. The highest BCUT2D eigenvalue weighted by Gasteiger charge is 2.34. The Morgan fingerprint density at radius 2 is 2.00 bits per heavy atom. The van der Waals surface area contributed by atoms with Crippen molar-refractivity contribution in [3.8, 4) is 0 Å². The molecule has 0 spiro atoms. The lowest BCUT2D eigenvalue weighted by atomic mass is 9.74. The fourth-order valence-electron chi connectivity index (χ4n) is 2.31. The molecule has 0 heterocycles. The lowest BCUT2D eigenvalue weighted by Crippen LogP contribution is -2.41. The van der Waals surface area contributed by atoms with Gasteiger partial charge in [-0.3, -0.25) is 4.79 Å². The van der Waals surface area contributed by atoms with Gasteiger partial charge in [0.1, 0.15) is 5.78 Å². The second kappa shape index (κ2) is 5.01. The Morgan fingerprint density at radius 1 is 1.29 bits per heavy atom. The molecule has 92 valence electrons. The first kappa shape index (κ1) is 12.3. The average Bonchev–Trinajstić information content (AvgIpc) is 2.32. The van der Waals surface area contributed by atoms with Crippen LogP contribution in [0.4, 0.5) is 0 Å². The molecular formula is C15H21NO. The van der Waals surface area contributed by atoms with Gasteiger partial charge >= 0.3 is 0 Å². The molecule has 1 saturated carbocycles. The van der Waals surface area contributed by atoms with E-state index in [0.717, 1.165) is 19.4 Å². The predicted octanol–water partition coefficient (Wildman–Crippen LogP) is 2.92. The number of carbonyl (C=O) groups is 1. The van der Waals surface area contributed by atoms with Crippen molar-refractivity contribution in [3.05, 3.63) is 35.9 Å². The van der Waals surface area contributed by atoms with E-state index in [2.05, 4.69) is 31.3 Å². The standard InChI is InChI=1S/C15H21NO/c1-15(2)9-8-13(10-14(15)17)16-11-12-6-4-3-5-7-12/h3-7,13,16H,8-11H2,1-2H3. The topological polar surface area (TPSA) is 29.1 Å². The van der Waals surface area contributed by atoms with Gasteiger partial charge in [-0.1, -0.05) is 44.2 Å². The van der Waals surface area contributed by atoms with Gasteiger partial charge in [-0.2, -0.15) is 0 Å². The van der Waals surface area contributed by atoms with Crippen LogP contribution in [0, 0.1) is 5.41 Å². The fourth-order valence-corrected chi connectivity index (χ4v) is 2.31. The third-order valence-corrected chi connectivity index (χ3v) is 3.74.